The summed E-state index contributed by atoms with van der Waals surface area (Å²) in [5, 5.41) is 0. The van der Waals surface area contributed by atoms with Gasteiger partial charge in [0.1, 0.15) is 0 Å². The first-order valence-electron chi connectivity index (χ1n) is 13.1. The van der Waals surface area contributed by atoms with E-state index in [4.69, 9.17) is 4.74 Å². The van der Waals surface area contributed by atoms with Gasteiger partial charge >= 0.3 is 5.97 Å². The van der Waals surface area contributed by atoms with Crippen molar-refractivity contribution in [2.75, 3.05) is 12.8 Å². The van der Waals surface area contributed by atoms with E-state index < -0.39 is 30.3 Å². The van der Waals surface area contributed by atoms with Gasteiger partial charge in [0.15, 0.2) is 0 Å². The van der Waals surface area contributed by atoms with Crippen LogP contribution in [0.4, 0.5) is 0 Å². The van der Waals surface area contributed by atoms with Crippen LogP contribution in [0.15, 0.2) is 73.3 Å². The smallest absolute Gasteiger partial charge is 0.333 e. The van der Waals surface area contributed by atoms with Gasteiger partial charge < -0.3 is 9.30 Å². The molecule has 0 aliphatic heterocycles. The fourth-order valence-electron chi connectivity index (χ4n) is 4.79. The summed E-state index contributed by atoms with van der Waals surface area (Å²) < 4.78 is 19.3. The SMILES string of the molecule is C=C(CP(=O)(C(=O)c1c(C)cc(C)cc1C)C(=O)c1c(C)cc(C)cc1C)C(=O)OCC.C=Cc1ccccc1. The standard InChI is InChI=1S/C26H31O5P.C8H8/c1-9-31-24(27)21(8)14-32(30,25(28)22-17(4)10-15(2)11-18(22)5)26(29)23-19(6)12-16(3)13-20(23)7;1-2-8-6-4-3-5-7-8/h10-13H,8-9,14H2,1-7H3;2-7H,1H2. The first kappa shape index (κ1) is 32.4. The molecule has 0 spiro atoms. The highest BCUT2D eigenvalue weighted by Gasteiger charge is 2.44. The van der Waals surface area contributed by atoms with Gasteiger partial charge in [-0.05, 0) is 76.3 Å². The maximum absolute atomic E-state index is 14.3. The fourth-order valence-corrected chi connectivity index (χ4v) is 7.35. The first-order valence-corrected chi connectivity index (χ1v) is 15.0. The molecule has 0 bridgehead atoms. The Morgan fingerprint density at radius 3 is 1.50 bits per heavy atom. The van der Waals surface area contributed by atoms with Gasteiger partial charge in [0.25, 0.3) is 0 Å². The van der Waals surface area contributed by atoms with Crippen molar-refractivity contribution in [2.24, 2.45) is 0 Å². The molecule has 3 aromatic rings. The zero-order valence-electron chi connectivity index (χ0n) is 24.6. The Morgan fingerprint density at radius 1 is 0.775 bits per heavy atom. The molecule has 0 N–H and O–H groups in total. The number of esters is 1. The van der Waals surface area contributed by atoms with Gasteiger partial charge in [-0.25, -0.2) is 4.79 Å². The third-order valence-electron chi connectivity index (χ3n) is 6.45. The lowest BCUT2D eigenvalue weighted by molar-refractivity contribution is -0.138. The van der Waals surface area contributed by atoms with Crippen molar-refractivity contribution in [3.05, 3.63) is 123 Å². The molecule has 3 aromatic carbocycles. The number of hydrogen-bond acceptors (Lipinski definition) is 5. The van der Waals surface area contributed by atoms with E-state index in [1.54, 1.807) is 34.6 Å². The number of rotatable bonds is 9. The molecule has 3 rings (SSSR count). The topological polar surface area (TPSA) is 77.5 Å². The minimum Gasteiger partial charge on any atom is -0.463 e. The molecule has 0 radical (unpaired) electrons. The van der Waals surface area contributed by atoms with Crippen LogP contribution < -0.4 is 0 Å². The maximum atomic E-state index is 14.3. The van der Waals surface area contributed by atoms with Crippen molar-refractivity contribution < 1.29 is 23.7 Å². The second-order valence-electron chi connectivity index (χ2n) is 9.99. The summed E-state index contributed by atoms with van der Waals surface area (Å²) in [6.45, 7) is 19.9. The summed E-state index contributed by atoms with van der Waals surface area (Å²) in [5.74, 6) is -0.761. The predicted molar refractivity (Wildman–Crippen MR) is 165 cm³/mol. The van der Waals surface area contributed by atoms with Crippen LogP contribution in [0.25, 0.3) is 6.08 Å². The molecule has 0 saturated carbocycles. The van der Waals surface area contributed by atoms with Gasteiger partial charge in [-0.3, -0.25) is 9.59 Å². The number of carbonyl (C=O) groups excluding carboxylic acids is 3. The lowest BCUT2D eigenvalue weighted by Gasteiger charge is -2.21. The predicted octanol–water partition coefficient (Wildman–Crippen LogP) is 8.33. The summed E-state index contributed by atoms with van der Waals surface area (Å²) in [7, 11) is -4.30. The monoisotopic (exact) mass is 558 g/mol. The van der Waals surface area contributed by atoms with Gasteiger partial charge in [0, 0.05) is 22.9 Å². The maximum Gasteiger partial charge on any atom is 0.333 e. The van der Waals surface area contributed by atoms with Crippen LogP contribution >= 0.6 is 7.14 Å². The molecule has 0 heterocycles. The van der Waals surface area contributed by atoms with E-state index in [0.717, 1.165) is 11.1 Å². The van der Waals surface area contributed by atoms with Crippen molar-refractivity contribution in [3.63, 3.8) is 0 Å². The quantitative estimate of drug-likeness (QED) is 0.150. The molecule has 210 valence electrons. The molecule has 0 unspecified atom stereocenters. The number of carbonyl (C=O) groups is 3. The molecule has 0 aliphatic rings. The minimum atomic E-state index is -4.30. The van der Waals surface area contributed by atoms with E-state index in [-0.39, 0.29) is 23.3 Å². The van der Waals surface area contributed by atoms with Crippen LogP contribution in [0, 0.1) is 41.5 Å². The van der Waals surface area contributed by atoms with E-state index >= 15 is 0 Å². The van der Waals surface area contributed by atoms with E-state index in [9.17, 15) is 18.9 Å². The minimum absolute atomic E-state index is 0.108. The average molecular weight is 559 g/mol. The molecule has 5 nitrogen and oxygen atoms in total. The van der Waals surface area contributed by atoms with Crippen molar-refractivity contribution in [1.29, 1.82) is 0 Å². The van der Waals surface area contributed by atoms with E-state index in [1.165, 1.54) is 5.56 Å². The number of ether oxygens (including phenoxy) is 1. The average Bonchev–Trinajstić information content (AvgIpc) is 2.88. The molecule has 0 aliphatic carbocycles. The van der Waals surface area contributed by atoms with E-state index in [0.29, 0.717) is 22.3 Å². The normalized spacial score (nSPS) is 10.7. The number of benzene rings is 3. The number of hydrogen-bond donors (Lipinski definition) is 0. The van der Waals surface area contributed by atoms with Crippen LogP contribution in [0.5, 0.6) is 0 Å². The van der Waals surface area contributed by atoms with Crippen LogP contribution in [-0.4, -0.2) is 29.8 Å². The number of aryl methyl sites for hydroxylation is 6. The molecule has 0 saturated heterocycles. The Labute approximate surface area is 238 Å². The van der Waals surface area contributed by atoms with Crippen LogP contribution in [0.3, 0.4) is 0 Å². The summed E-state index contributed by atoms with van der Waals surface area (Å²) in [6, 6.07) is 17.3. The Balaban J connectivity index is 0.000000598. The third-order valence-corrected chi connectivity index (χ3v) is 9.04. The second kappa shape index (κ2) is 14.0. The second-order valence-corrected chi connectivity index (χ2v) is 12.6. The lowest BCUT2D eigenvalue weighted by Crippen LogP contribution is -2.20. The Morgan fingerprint density at radius 2 is 1.18 bits per heavy atom. The van der Waals surface area contributed by atoms with Gasteiger partial charge in [-0.1, -0.05) is 85.0 Å². The molecule has 6 heteroatoms. The molecular weight excluding hydrogens is 519 g/mol. The van der Waals surface area contributed by atoms with Crippen molar-refractivity contribution in [2.45, 2.75) is 48.5 Å². The van der Waals surface area contributed by atoms with E-state index in [1.807, 2.05) is 74.5 Å². The van der Waals surface area contributed by atoms with Crippen molar-refractivity contribution in [1.82, 2.24) is 0 Å². The molecule has 0 atom stereocenters. The van der Waals surface area contributed by atoms with Gasteiger partial charge in [0.2, 0.25) is 18.2 Å². The highest BCUT2D eigenvalue weighted by atomic mass is 31.2. The molecule has 0 amide bonds. The highest BCUT2D eigenvalue weighted by molar-refractivity contribution is 7.95. The lowest BCUT2D eigenvalue weighted by atomic mass is 10.0. The zero-order chi connectivity index (χ0) is 30.2. The summed E-state index contributed by atoms with van der Waals surface area (Å²) >= 11 is 0. The first-order chi connectivity index (χ1) is 18.8. The van der Waals surface area contributed by atoms with Gasteiger partial charge in [-0.15, -0.1) is 0 Å². The molecule has 40 heavy (non-hydrogen) atoms. The molecule has 0 fully saturated rings. The van der Waals surface area contributed by atoms with Gasteiger partial charge in [-0.2, -0.15) is 0 Å². The van der Waals surface area contributed by atoms with Crippen molar-refractivity contribution in [3.8, 4) is 0 Å². The van der Waals surface area contributed by atoms with Crippen LogP contribution in [0.1, 0.15) is 66.6 Å². The summed E-state index contributed by atoms with van der Waals surface area (Å²) in [4.78, 5) is 39.8. The summed E-state index contributed by atoms with van der Waals surface area (Å²) in [6.07, 6.45) is 1.28. The highest BCUT2D eigenvalue weighted by Crippen LogP contribution is 2.54. The van der Waals surface area contributed by atoms with Gasteiger partial charge in [0.05, 0.1) is 6.61 Å². The zero-order valence-corrected chi connectivity index (χ0v) is 25.5. The van der Waals surface area contributed by atoms with E-state index in [2.05, 4.69) is 13.2 Å². The van der Waals surface area contributed by atoms with Crippen LogP contribution in [0.2, 0.25) is 0 Å². The van der Waals surface area contributed by atoms with Crippen molar-refractivity contribution >= 4 is 30.2 Å². The Bertz CT molecular complexity index is 1380. The summed E-state index contributed by atoms with van der Waals surface area (Å²) in [5.41, 5.74) is 4.51. The Hall–Kier alpha value is -3.82. The third kappa shape index (κ3) is 7.64. The Kier molecular flexibility index (Phi) is 11.3. The largest absolute Gasteiger partial charge is 0.463 e. The van der Waals surface area contributed by atoms with Crippen LogP contribution in [-0.2, 0) is 14.1 Å². The molecule has 0 aromatic heterocycles. The molecular formula is C34H39O5P. The fraction of sp³-hybridized carbons (Fsp3) is 0.265.